The summed E-state index contributed by atoms with van der Waals surface area (Å²) in [5, 5.41) is 9.08. The van der Waals surface area contributed by atoms with Crippen LogP contribution in [0.3, 0.4) is 0 Å². The summed E-state index contributed by atoms with van der Waals surface area (Å²) in [7, 11) is 0. The molecular formula is C13H15NO2. The van der Waals surface area contributed by atoms with Crippen molar-refractivity contribution in [1.29, 1.82) is 5.26 Å². The van der Waals surface area contributed by atoms with E-state index in [1.165, 1.54) is 0 Å². The molecule has 0 aliphatic carbocycles. The van der Waals surface area contributed by atoms with Crippen molar-refractivity contribution in [3.05, 3.63) is 34.4 Å². The average Bonchev–Trinajstić information content (AvgIpc) is 2.28. The zero-order valence-electron chi connectivity index (χ0n) is 9.83. The summed E-state index contributed by atoms with van der Waals surface area (Å²) in [6.07, 6.45) is 0.851. The van der Waals surface area contributed by atoms with Crippen LogP contribution < -0.4 is 0 Å². The quantitative estimate of drug-likeness (QED) is 0.731. The number of aryl methyl sites for hydroxylation is 1. The molecule has 1 aromatic carbocycles. The van der Waals surface area contributed by atoms with E-state index >= 15 is 0 Å². The van der Waals surface area contributed by atoms with E-state index in [0.717, 1.165) is 17.5 Å². The first-order valence-electron chi connectivity index (χ1n) is 5.35. The highest BCUT2D eigenvalue weighted by molar-refractivity contribution is 5.92. The standard InChI is InChI=1S/C13H15NO2/c1-4-10-6-7-11(13(15)16-5-2)12(8-14)9(10)3/h6-7H,4-5H2,1-3H3. The molecule has 0 amide bonds. The smallest absolute Gasteiger partial charge is 0.339 e. The molecule has 0 heterocycles. The molecule has 0 saturated heterocycles. The Labute approximate surface area is 95.7 Å². The molecule has 0 atom stereocenters. The fourth-order valence-electron chi connectivity index (χ4n) is 1.66. The van der Waals surface area contributed by atoms with E-state index in [1.807, 2.05) is 19.9 Å². The van der Waals surface area contributed by atoms with Gasteiger partial charge in [0.25, 0.3) is 0 Å². The van der Waals surface area contributed by atoms with Gasteiger partial charge in [0.05, 0.1) is 17.7 Å². The third-order valence-electron chi connectivity index (χ3n) is 2.57. The Morgan fingerprint density at radius 2 is 2.12 bits per heavy atom. The van der Waals surface area contributed by atoms with E-state index < -0.39 is 5.97 Å². The van der Waals surface area contributed by atoms with Gasteiger partial charge in [0.2, 0.25) is 0 Å². The summed E-state index contributed by atoms with van der Waals surface area (Å²) in [5.41, 5.74) is 2.75. The fourth-order valence-corrected chi connectivity index (χ4v) is 1.66. The lowest BCUT2D eigenvalue weighted by atomic mass is 9.96. The molecule has 0 aliphatic rings. The third-order valence-corrected chi connectivity index (χ3v) is 2.57. The van der Waals surface area contributed by atoms with Crippen LogP contribution in [0.4, 0.5) is 0 Å². The van der Waals surface area contributed by atoms with Crippen LogP contribution in [-0.2, 0) is 11.2 Å². The number of nitriles is 1. The molecule has 0 radical (unpaired) electrons. The van der Waals surface area contributed by atoms with Gasteiger partial charge in [0, 0.05) is 0 Å². The second-order valence-electron chi connectivity index (χ2n) is 3.46. The van der Waals surface area contributed by atoms with E-state index in [1.54, 1.807) is 13.0 Å². The summed E-state index contributed by atoms with van der Waals surface area (Å²) in [4.78, 5) is 11.6. The second-order valence-corrected chi connectivity index (χ2v) is 3.46. The highest BCUT2D eigenvalue weighted by atomic mass is 16.5. The van der Waals surface area contributed by atoms with Crippen LogP contribution in [0, 0.1) is 18.3 Å². The van der Waals surface area contributed by atoms with Crippen LogP contribution in [0.2, 0.25) is 0 Å². The minimum Gasteiger partial charge on any atom is -0.462 e. The van der Waals surface area contributed by atoms with Crippen LogP contribution in [0.1, 0.15) is 40.9 Å². The first kappa shape index (κ1) is 12.3. The van der Waals surface area contributed by atoms with Crippen molar-refractivity contribution in [2.75, 3.05) is 6.61 Å². The maximum Gasteiger partial charge on any atom is 0.339 e. The van der Waals surface area contributed by atoms with Gasteiger partial charge in [-0.05, 0) is 37.5 Å². The largest absolute Gasteiger partial charge is 0.462 e. The monoisotopic (exact) mass is 217 g/mol. The number of benzene rings is 1. The molecule has 0 bridgehead atoms. The summed E-state index contributed by atoms with van der Waals surface area (Å²) in [5.74, 6) is -0.426. The van der Waals surface area contributed by atoms with Crippen LogP contribution >= 0.6 is 0 Å². The first-order chi connectivity index (χ1) is 7.65. The van der Waals surface area contributed by atoms with Gasteiger partial charge in [-0.15, -0.1) is 0 Å². The van der Waals surface area contributed by atoms with Crippen molar-refractivity contribution in [2.24, 2.45) is 0 Å². The maximum atomic E-state index is 11.6. The molecule has 0 saturated carbocycles. The average molecular weight is 217 g/mol. The molecule has 84 valence electrons. The van der Waals surface area contributed by atoms with Gasteiger partial charge in [0.15, 0.2) is 0 Å². The highest BCUT2D eigenvalue weighted by Gasteiger charge is 2.15. The molecule has 3 heteroatoms. The Hall–Kier alpha value is -1.82. The van der Waals surface area contributed by atoms with Crippen LogP contribution in [0.25, 0.3) is 0 Å². The summed E-state index contributed by atoms with van der Waals surface area (Å²) in [6, 6.07) is 5.62. The zero-order valence-corrected chi connectivity index (χ0v) is 9.83. The lowest BCUT2D eigenvalue weighted by Gasteiger charge is -2.09. The minimum atomic E-state index is -0.426. The molecule has 1 rings (SSSR count). The van der Waals surface area contributed by atoms with Crippen molar-refractivity contribution in [3.8, 4) is 6.07 Å². The predicted octanol–water partition coefficient (Wildman–Crippen LogP) is 2.61. The van der Waals surface area contributed by atoms with Gasteiger partial charge < -0.3 is 4.74 Å². The second kappa shape index (κ2) is 5.32. The van der Waals surface area contributed by atoms with Crippen molar-refractivity contribution in [3.63, 3.8) is 0 Å². The Morgan fingerprint density at radius 3 is 2.62 bits per heavy atom. The van der Waals surface area contributed by atoms with Gasteiger partial charge in [0.1, 0.15) is 6.07 Å². The third kappa shape index (κ3) is 2.22. The molecule has 0 fully saturated rings. The summed E-state index contributed by atoms with van der Waals surface area (Å²) >= 11 is 0. The summed E-state index contributed by atoms with van der Waals surface area (Å²) < 4.78 is 4.91. The van der Waals surface area contributed by atoms with E-state index in [-0.39, 0.29) is 0 Å². The zero-order chi connectivity index (χ0) is 12.1. The van der Waals surface area contributed by atoms with E-state index in [9.17, 15) is 4.79 Å². The fraction of sp³-hybridized carbons (Fsp3) is 0.385. The van der Waals surface area contributed by atoms with E-state index in [2.05, 4.69) is 6.07 Å². The maximum absolute atomic E-state index is 11.6. The molecule has 0 spiro atoms. The molecule has 1 aromatic rings. The number of carbonyl (C=O) groups is 1. The number of carbonyl (C=O) groups excluding carboxylic acids is 1. The molecule has 0 N–H and O–H groups in total. The Morgan fingerprint density at radius 1 is 1.44 bits per heavy atom. The molecule has 0 aromatic heterocycles. The van der Waals surface area contributed by atoms with Gasteiger partial charge in [-0.1, -0.05) is 13.0 Å². The van der Waals surface area contributed by atoms with Crippen molar-refractivity contribution in [1.82, 2.24) is 0 Å². The Bertz CT molecular complexity index is 444. The van der Waals surface area contributed by atoms with Gasteiger partial charge in [-0.3, -0.25) is 0 Å². The number of ether oxygens (including phenoxy) is 1. The normalized spacial score (nSPS) is 9.62. The number of nitrogens with zero attached hydrogens (tertiary/aromatic N) is 1. The van der Waals surface area contributed by atoms with Gasteiger partial charge in [-0.25, -0.2) is 4.79 Å². The van der Waals surface area contributed by atoms with Crippen LogP contribution in [0.5, 0.6) is 0 Å². The molecule has 16 heavy (non-hydrogen) atoms. The van der Waals surface area contributed by atoms with Crippen LogP contribution in [-0.4, -0.2) is 12.6 Å². The predicted molar refractivity (Wildman–Crippen MR) is 61.2 cm³/mol. The first-order valence-corrected chi connectivity index (χ1v) is 5.35. The molecular weight excluding hydrogens is 202 g/mol. The van der Waals surface area contributed by atoms with Crippen molar-refractivity contribution >= 4 is 5.97 Å². The number of hydrogen-bond donors (Lipinski definition) is 0. The summed E-state index contributed by atoms with van der Waals surface area (Å²) in [6.45, 7) is 5.95. The highest BCUT2D eigenvalue weighted by Crippen LogP contribution is 2.19. The van der Waals surface area contributed by atoms with Crippen LogP contribution in [0.15, 0.2) is 12.1 Å². The number of esters is 1. The number of hydrogen-bond acceptors (Lipinski definition) is 3. The molecule has 0 unspecified atom stereocenters. The number of rotatable bonds is 3. The molecule has 0 aliphatic heterocycles. The van der Waals surface area contributed by atoms with Crippen molar-refractivity contribution < 1.29 is 9.53 Å². The Balaban J connectivity index is 3.27. The van der Waals surface area contributed by atoms with Gasteiger partial charge >= 0.3 is 5.97 Å². The van der Waals surface area contributed by atoms with Crippen molar-refractivity contribution in [2.45, 2.75) is 27.2 Å². The Kier molecular flexibility index (Phi) is 4.07. The molecule has 3 nitrogen and oxygen atoms in total. The minimum absolute atomic E-state index is 0.318. The lowest BCUT2D eigenvalue weighted by Crippen LogP contribution is -2.09. The van der Waals surface area contributed by atoms with Gasteiger partial charge in [-0.2, -0.15) is 5.26 Å². The topological polar surface area (TPSA) is 50.1 Å². The lowest BCUT2D eigenvalue weighted by molar-refractivity contribution is 0.0526. The van der Waals surface area contributed by atoms with E-state index in [4.69, 9.17) is 10.00 Å². The SMILES string of the molecule is CCOC(=O)c1ccc(CC)c(C)c1C#N. The van der Waals surface area contributed by atoms with E-state index in [0.29, 0.717) is 17.7 Å².